The molecule has 0 amide bonds. The Bertz CT molecular complexity index is 1310. The average Bonchev–Trinajstić information content (AvgIpc) is 3.44. The van der Waals surface area contributed by atoms with Gasteiger partial charge in [0.25, 0.3) is 0 Å². The van der Waals surface area contributed by atoms with Gasteiger partial charge >= 0.3 is 6.18 Å². The fraction of sp³-hybridized carbons (Fsp3) is 0.150. The van der Waals surface area contributed by atoms with Gasteiger partial charge in [-0.3, -0.25) is 0 Å². The molecule has 1 aliphatic rings. The molecule has 30 heavy (non-hydrogen) atoms. The summed E-state index contributed by atoms with van der Waals surface area (Å²) in [4.78, 5) is 22.9. The van der Waals surface area contributed by atoms with E-state index in [9.17, 15) is 23.1 Å². The van der Waals surface area contributed by atoms with E-state index in [1.807, 2.05) is 0 Å². The molecule has 0 unspecified atom stereocenters. The first-order valence-electron chi connectivity index (χ1n) is 8.96. The maximum atomic E-state index is 13.3. The Hall–Kier alpha value is -3.50. The molecule has 3 heterocycles. The van der Waals surface area contributed by atoms with E-state index >= 15 is 0 Å². The summed E-state index contributed by atoms with van der Waals surface area (Å²) < 4.78 is 39.9. The number of benzene rings is 2. The number of hydrogen-bond donors (Lipinski definition) is 3. The molecule has 1 fully saturated rings. The molecule has 1 aliphatic heterocycles. The van der Waals surface area contributed by atoms with Gasteiger partial charge in [0.2, 0.25) is 5.66 Å². The van der Waals surface area contributed by atoms with Gasteiger partial charge in [-0.25, -0.2) is 20.8 Å². The van der Waals surface area contributed by atoms with E-state index in [0.29, 0.717) is 22.6 Å². The van der Waals surface area contributed by atoms with Gasteiger partial charge in [-0.1, -0.05) is 36.4 Å². The van der Waals surface area contributed by atoms with Gasteiger partial charge in [0.05, 0.1) is 5.97 Å². The van der Waals surface area contributed by atoms with Crippen molar-refractivity contribution in [1.82, 2.24) is 25.8 Å². The van der Waals surface area contributed by atoms with Crippen LogP contribution in [0.25, 0.3) is 21.9 Å². The van der Waals surface area contributed by atoms with Crippen molar-refractivity contribution in [3.63, 3.8) is 0 Å². The van der Waals surface area contributed by atoms with Gasteiger partial charge in [-0.15, -0.1) is 0 Å². The minimum Gasteiger partial charge on any atom is -0.545 e. The Morgan fingerprint density at radius 1 is 1.10 bits per heavy atom. The summed E-state index contributed by atoms with van der Waals surface area (Å²) in [6.07, 6.45) is -2.63. The van der Waals surface area contributed by atoms with Crippen LogP contribution in [0.2, 0.25) is 0 Å². The standard InChI is InChI=1S/C20H14F3N5O2/c21-20(22,23)19(27-28-19)12-3-1-2-10(6-12)7-16-24-9-14-13-5-4-11(18(29)30)8-15(13)25-17(14)26-16/h1-6,8-9,27-28H,7H2,(H,29,30)(H,24,25,26)/p-1. The Labute approximate surface area is 166 Å². The van der Waals surface area contributed by atoms with Crippen LogP contribution in [0.1, 0.15) is 27.3 Å². The smallest absolute Gasteiger partial charge is 0.426 e. The SMILES string of the molecule is O=C([O-])c1ccc2c(c1)[nH]c1nc(Cc3cccc(C4(C(F)(F)F)NN4)c3)ncc12. The summed E-state index contributed by atoms with van der Waals surface area (Å²) in [6.45, 7) is 0. The first kappa shape index (κ1) is 18.5. The zero-order chi connectivity index (χ0) is 21.1. The lowest BCUT2D eigenvalue weighted by atomic mass is 9.99. The second-order valence-corrected chi connectivity index (χ2v) is 7.10. The number of halogens is 3. The van der Waals surface area contributed by atoms with Gasteiger partial charge in [-0.2, -0.15) is 13.2 Å². The summed E-state index contributed by atoms with van der Waals surface area (Å²) in [6, 6.07) is 10.7. The third kappa shape index (κ3) is 2.88. The molecule has 2 aromatic carbocycles. The quantitative estimate of drug-likeness (QED) is 0.440. The summed E-state index contributed by atoms with van der Waals surface area (Å²) in [7, 11) is 0. The molecule has 0 atom stereocenters. The molecule has 7 nitrogen and oxygen atoms in total. The zero-order valence-electron chi connectivity index (χ0n) is 15.2. The van der Waals surface area contributed by atoms with Gasteiger partial charge in [0.1, 0.15) is 11.5 Å². The molecule has 0 spiro atoms. The number of carbonyl (C=O) groups is 1. The number of carboxylic acids is 1. The van der Waals surface area contributed by atoms with Crippen molar-refractivity contribution >= 4 is 27.9 Å². The van der Waals surface area contributed by atoms with Gasteiger partial charge in [0.15, 0.2) is 0 Å². The first-order chi connectivity index (χ1) is 14.3. The first-order valence-corrected chi connectivity index (χ1v) is 8.96. The number of carboxylic acid groups (broad SMARTS) is 1. The van der Waals surface area contributed by atoms with Crippen LogP contribution in [0.3, 0.4) is 0 Å². The number of aromatic carboxylic acids is 1. The minimum atomic E-state index is -4.48. The molecular weight excluding hydrogens is 399 g/mol. The molecule has 0 aliphatic carbocycles. The van der Waals surface area contributed by atoms with Crippen LogP contribution in [-0.4, -0.2) is 27.1 Å². The van der Waals surface area contributed by atoms with Crippen molar-refractivity contribution in [3.05, 3.63) is 71.2 Å². The summed E-state index contributed by atoms with van der Waals surface area (Å²) >= 11 is 0. The molecule has 10 heteroatoms. The number of H-pyrrole nitrogens is 1. The number of aromatic nitrogens is 3. The maximum absolute atomic E-state index is 13.3. The zero-order valence-corrected chi connectivity index (χ0v) is 15.2. The van der Waals surface area contributed by atoms with Crippen molar-refractivity contribution < 1.29 is 23.1 Å². The number of hydrazine groups is 1. The number of hydrogen-bond acceptors (Lipinski definition) is 6. The van der Waals surface area contributed by atoms with Crippen molar-refractivity contribution in [1.29, 1.82) is 0 Å². The maximum Gasteiger partial charge on any atom is 0.426 e. The monoisotopic (exact) mass is 412 g/mol. The summed E-state index contributed by atoms with van der Waals surface area (Å²) in [5.41, 5.74) is 3.98. The van der Waals surface area contributed by atoms with Crippen LogP contribution >= 0.6 is 0 Å². The predicted octanol–water partition coefficient (Wildman–Crippen LogP) is 1.89. The van der Waals surface area contributed by atoms with E-state index in [4.69, 9.17) is 0 Å². The fourth-order valence-electron chi connectivity index (χ4n) is 3.54. The lowest BCUT2D eigenvalue weighted by Crippen LogP contribution is -2.34. The Kier molecular flexibility index (Phi) is 3.86. The highest BCUT2D eigenvalue weighted by Crippen LogP contribution is 2.42. The van der Waals surface area contributed by atoms with Crippen LogP contribution in [0.4, 0.5) is 13.2 Å². The fourth-order valence-corrected chi connectivity index (χ4v) is 3.54. The highest BCUT2D eigenvalue weighted by Gasteiger charge is 2.65. The second kappa shape index (κ2) is 6.25. The molecule has 4 aromatic rings. The van der Waals surface area contributed by atoms with Crippen LogP contribution < -0.4 is 16.0 Å². The largest absolute Gasteiger partial charge is 0.545 e. The van der Waals surface area contributed by atoms with Crippen molar-refractivity contribution in [2.45, 2.75) is 18.3 Å². The average molecular weight is 412 g/mol. The van der Waals surface area contributed by atoms with E-state index in [-0.39, 0.29) is 17.5 Å². The van der Waals surface area contributed by atoms with Crippen LogP contribution in [0, 0.1) is 0 Å². The molecule has 2 aromatic heterocycles. The summed E-state index contributed by atoms with van der Waals surface area (Å²) in [5, 5.41) is 12.5. The molecule has 152 valence electrons. The number of nitrogens with one attached hydrogen (secondary N) is 3. The van der Waals surface area contributed by atoms with E-state index in [1.165, 1.54) is 24.3 Å². The normalized spacial score (nSPS) is 15.6. The number of alkyl halides is 3. The Morgan fingerprint density at radius 3 is 2.60 bits per heavy atom. The van der Waals surface area contributed by atoms with E-state index in [1.54, 1.807) is 24.4 Å². The van der Waals surface area contributed by atoms with Crippen molar-refractivity contribution in [3.8, 4) is 0 Å². The number of carbonyl (C=O) groups excluding carboxylic acids is 1. The number of nitrogens with zero attached hydrogens (tertiary/aromatic N) is 2. The predicted molar refractivity (Wildman–Crippen MR) is 99.0 cm³/mol. The molecule has 1 saturated heterocycles. The van der Waals surface area contributed by atoms with Crippen molar-refractivity contribution in [2.75, 3.05) is 0 Å². The molecule has 0 radical (unpaired) electrons. The molecule has 5 rings (SSSR count). The molecule has 0 bridgehead atoms. The second-order valence-electron chi connectivity index (χ2n) is 7.10. The van der Waals surface area contributed by atoms with Crippen molar-refractivity contribution in [2.24, 2.45) is 0 Å². The van der Waals surface area contributed by atoms with E-state index in [2.05, 4.69) is 25.8 Å². The van der Waals surface area contributed by atoms with Gasteiger partial charge in [0, 0.05) is 28.9 Å². The molecule has 3 N–H and O–H groups in total. The molecular formula is C20H13F3N5O2-. The summed E-state index contributed by atoms with van der Waals surface area (Å²) in [5.74, 6) is -0.859. The van der Waals surface area contributed by atoms with E-state index < -0.39 is 17.8 Å². The minimum absolute atomic E-state index is 0.0416. The highest BCUT2D eigenvalue weighted by molar-refractivity contribution is 6.07. The molecule has 0 saturated carbocycles. The topological polar surface area (TPSA) is 126 Å². The van der Waals surface area contributed by atoms with Crippen LogP contribution in [0.15, 0.2) is 48.7 Å². The number of rotatable bonds is 4. The van der Waals surface area contributed by atoms with Gasteiger partial charge < -0.3 is 14.9 Å². The number of aromatic amines is 1. The third-order valence-electron chi connectivity index (χ3n) is 5.16. The lowest BCUT2D eigenvalue weighted by molar-refractivity contribution is -0.255. The highest BCUT2D eigenvalue weighted by atomic mass is 19.4. The van der Waals surface area contributed by atoms with Gasteiger partial charge in [-0.05, 0) is 22.8 Å². The Balaban J connectivity index is 1.48. The number of fused-ring (bicyclic) bond motifs is 3. The van der Waals surface area contributed by atoms with Crippen LogP contribution in [0.5, 0.6) is 0 Å². The van der Waals surface area contributed by atoms with E-state index in [0.717, 1.165) is 10.8 Å². The third-order valence-corrected chi connectivity index (χ3v) is 5.16. The Morgan fingerprint density at radius 2 is 1.90 bits per heavy atom. The lowest BCUT2D eigenvalue weighted by Gasteiger charge is -2.16. The van der Waals surface area contributed by atoms with Crippen LogP contribution in [-0.2, 0) is 12.1 Å².